The van der Waals surface area contributed by atoms with Crippen LogP contribution in [0, 0.1) is 25.6 Å². The Morgan fingerprint density at radius 1 is 1.06 bits per heavy atom. The Morgan fingerprint density at radius 2 is 1.71 bits per heavy atom. The number of aromatic nitrogens is 1. The number of H-pyrrole nitrogens is 1. The zero-order valence-electron chi connectivity index (χ0n) is 19.9. The maximum atomic E-state index is 14.0. The van der Waals surface area contributed by atoms with Crippen LogP contribution in [0.1, 0.15) is 53.8 Å². The standard InChI is InChI=1S/C24H30ClFN4O4S/c1-15-21(24(32)29-10-4-3-5-11-29)22(16(2)27-15)35(33,34)30-12-8-17(9-13-30)23(31)28-20-7-6-18(25)14-19(20)26/h6-7,14,17,27H,3-5,8-13H2,1-2H3,(H,28,31). The van der Waals surface area contributed by atoms with E-state index in [-0.39, 0.29) is 58.9 Å². The highest BCUT2D eigenvalue weighted by Gasteiger charge is 2.38. The van der Waals surface area contributed by atoms with Gasteiger partial charge in [-0.3, -0.25) is 9.59 Å². The number of aromatic amines is 1. The predicted octanol–water partition coefficient (Wildman–Crippen LogP) is 4.09. The maximum Gasteiger partial charge on any atom is 0.257 e. The zero-order valence-corrected chi connectivity index (χ0v) is 21.4. The molecule has 35 heavy (non-hydrogen) atoms. The van der Waals surface area contributed by atoms with E-state index in [1.807, 2.05) is 0 Å². The summed E-state index contributed by atoms with van der Waals surface area (Å²) in [6.07, 6.45) is 3.46. The molecule has 2 aliphatic heterocycles. The molecule has 2 N–H and O–H groups in total. The van der Waals surface area contributed by atoms with Crippen LogP contribution in [-0.2, 0) is 14.8 Å². The second kappa shape index (κ2) is 10.3. The summed E-state index contributed by atoms with van der Waals surface area (Å²) < 4.78 is 42.7. The minimum absolute atomic E-state index is 0.0247. The van der Waals surface area contributed by atoms with Gasteiger partial charge in [-0.15, -0.1) is 0 Å². The third-order valence-electron chi connectivity index (χ3n) is 6.79. The van der Waals surface area contributed by atoms with Gasteiger partial charge in [0.15, 0.2) is 0 Å². The fourth-order valence-corrected chi connectivity index (χ4v) is 6.95. The maximum absolute atomic E-state index is 14.0. The number of benzene rings is 1. The molecule has 8 nitrogen and oxygen atoms in total. The lowest BCUT2D eigenvalue weighted by molar-refractivity contribution is -0.120. The Labute approximate surface area is 209 Å². The molecule has 2 saturated heterocycles. The molecule has 1 aromatic heterocycles. The van der Waals surface area contributed by atoms with Crippen LogP contribution in [0.3, 0.4) is 0 Å². The Bertz CT molecular complexity index is 1230. The first-order valence-electron chi connectivity index (χ1n) is 11.8. The summed E-state index contributed by atoms with van der Waals surface area (Å²) in [6.45, 7) is 4.88. The number of sulfonamides is 1. The van der Waals surface area contributed by atoms with Crippen LogP contribution >= 0.6 is 11.6 Å². The Hall–Kier alpha value is -2.43. The average molecular weight is 525 g/mol. The molecular formula is C24H30ClFN4O4S. The van der Waals surface area contributed by atoms with Gasteiger partial charge in [0.25, 0.3) is 5.91 Å². The Balaban J connectivity index is 1.48. The number of rotatable bonds is 5. The quantitative estimate of drug-likeness (QED) is 0.615. The summed E-state index contributed by atoms with van der Waals surface area (Å²) in [6, 6.07) is 4.00. The van der Waals surface area contributed by atoms with Crippen molar-refractivity contribution in [2.75, 3.05) is 31.5 Å². The van der Waals surface area contributed by atoms with Crippen LogP contribution < -0.4 is 5.32 Å². The molecule has 190 valence electrons. The molecular weight excluding hydrogens is 495 g/mol. The molecule has 1 aromatic carbocycles. The molecule has 2 fully saturated rings. The number of nitrogens with zero attached hydrogens (tertiary/aromatic N) is 2. The molecule has 0 saturated carbocycles. The normalized spacial score (nSPS) is 18.0. The third-order valence-corrected chi connectivity index (χ3v) is 9.09. The number of halogens is 2. The molecule has 4 rings (SSSR count). The van der Waals surface area contributed by atoms with E-state index < -0.39 is 21.8 Å². The Kier molecular flexibility index (Phi) is 7.54. The molecule has 2 amide bonds. The number of anilines is 1. The van der Waals surface area contributed by atoms with Gasteiger partial charge in [0.2, 0.25) is 15.9 Å². The van der Waals surface area contributed by atoms with Crippen LogP contribution in [0.25, 0.3) is 0 Å². The molecule has 2 aromatic rings. The predicted molar refractivity (Wildman–Crippen MR) is 132 cm³/mol. The van der Waals surface area contributed by atoms with E-state index in [2.05, 4.69) is 10.3 Å². The van der Waals surface area contributed by atoms with Crippen molar-refractivity contribution in [3.63, 3.8) is 0 Å². The first kappa shape index (κ1) is 25.7. The number of amides is 2. The molecule has 2 aliphatic rings. The summed E-state index contributed by atoms with van der Waals surface area (Å²) in [5.41, 5.74) is 1.22. The van der Waals surface area contributed by atoms with Gasteiger partial charge in [0.05, 0.1) is 11.3 Å². The van der Waals surface area contributed by atoms with E-state index in [0.717, 1.165) is 25.3 Å². The lowest BCUT2D eigenvalue weighted by atomic mass is 9.97. The van der Waals surface area contributed by atoms with Crippen LogP contribution in [0.4, 0.5) is 10.1 Å². The number of carbonyl (C=O) groups is 2. The first-order chi connectivity index (χ1) is 16.6. The second-order valence-electron chi connectivity index (χ2n) is 9.22. The lowest BCUT2D eigenvalue weighted by Gasteiger charge is -2.31. The van der Waals surface area contributed by atoms with Gasteiger partial charge in [-0.25, -0.2) is 12.8 Å². The van der Waals surface area contributed by atoms with Crippen molar-refractivity contribution in [3.05, 3.63) is 46.0 Å². The highest BCUT2D eigenvalue weighted by atomic mass is 35.5. The second-order valence-corrected chi connectivity index (χ2v) is 11.5. The number of hydrogen-bond acceptors (Lipinski definition) is 4. The summed E-state index contributed by atoms with van der Waals surface area (Å²) >= 11 is 5.76. The molecule has 11 heteroatoms. The van der Waals surface area contributed by atoms with E-state index in [0.29, 0.717) is 24.5 Å². The van der Waals surface area contributed by atoms with Crippen LogP contribution in [-0.4, -0.2) is 60.6 Å². The highest BCUT2D eigenvalue weighted by Crippen LogP contribution is 2.32. The van der Waals surface area contributed by atoms with Crippen LogP contribution in [0.15, 0.2) is 23.1 Å². The molecule has 0 atom stereocenters. The minimum Gasteiger partial charge on any atom is -0.361 e. The molecule has 0 radical (unpaired) electrons. The van der Waals surface area contributed by atoms with E-state index in [1.54, 1.807) is 18.7 Å². The number of hydrogen-bond donors (Lipinski definition) is 2. The Morgan fingerprint density at radius 3 is 2.34 bits per heavy atom. The topological polar surface area (TPSA) is 103 Å². The van der Waals surface area contributed by atoms with Crippen molar-refractivity contribution in [1.29, 1.82) is 0 Å². The van der Waals surface area contributed by atoms with Crippen molar-refractivity contribution in [1.82, 2.24) is 14.2 Å². The third kappa shape index (κ3) is 5.24. The van der Waals surface area contributed by atoms with E-state index in [1.165, 1.54) is 16.4 Å². The molecule has 0 unspecified atom stereocenters. The summed E-state index contributed by atoms with van der Waals surface area (Å²) in [5.74, 6) is -1.71. The van der Waals surface area contributed by atoms with Crippen LogP contribution in [0.2, 0.25) is 5.02 Å². The van der Waals surface area contributed by atoms with Gasteiger partial charge in [-0.2, -0.15) is 4.31 Å². The fraction of sp³-hybridized carbons (Fsp3) is 0.500. The van der Waals surface area contributed by atoms with Gasteiger partial charge in [-0.1, -0.05) is 11.6 Å². The summed E-state index contributed by atoms with van der Waals surface area (Å²) in [7, 11) is -3.96. The summed E-state index contributed by atoms with van der Waals surface area (Å²) in [4.78, 5) is 30.7. The number of carbonyl (C=O) groups excluding carboxylic acids is 2. The van der Waals surface area contributed by atoms with Crippen molar-refractivity contribution in [3.8, 4) is 0 Å². The van der Waals surface area contributed by atoms with Gasteiger partial charge in [0, 0.05) is 48.5 Å². The van der Waals surface area contributed by atoms with Gasteiger partial charge in [-0.05, 0) is 64.2 Å². The van der Waals surface area contributed by atoms with Gasteiger partial charge < -0.3 is 15.2 Å². The smallest absolute Gasteiger partial charge is 0.257 e. The SMILES string of the molecule is Cc1[nH]c(C)c(S(=O)(=O)N2CCC(C(=O)Nc3ccc(Cl)cc3F)CC2)c1C(=O)N1CCCCC1. The number of piperidine rings is 2. The number of aryl methyl sites for hydroxylation is 2. The van der Waals surface area contributed by atoms with E-state index in [4.69, 9.17) is 11.6 Å². The fourth-order valence-electron chi connectivity index (χ4n) is 4.91. The van der Waals surface area contributed by atoms with Gasteiger partial charge >= 0.3 is 0 Å². The zero-order chi connectivity index (χ0) is 25.3. The van der Waals surface area contributed by atoms with Gasteiger partial charge in [0.1, 0.15) is 10.7 Å². The first-order valence-corrected chi connectivity index (χ1v) is 13.7. The monoisotopic (exact) mass is 524 g/mol. The lowest BCUT2D eigenvalue weighted by Crippen LogP contribution is -2.42. The van der Waals surface area contributed by atoms with Crippen molar-refractivity contribution in [2.24, 2.45) is 5.92 Å². The molecule has 0 bridgehead atoms. The van der Waals surface area contributed by atoms with Crippen molar-refractivity contribution >= 4 is 39.1 Å². The molecule has 3 heterocycles. The molecule has 0 spiro atoms. The van der Waals surface area contributed by atoms with Crippen molar-refractivity contribution < 1.29 is 22.4 Å². The number of nitrogens with one attached hydrogen (secondary N) is 2. The average Bonchev–Trinajstić information content (AvgIpc) is 3.15. The van der Waals surface area contributed by atoms with Crippen molar-refractivity contribution in [2.45, 2.75) is 50.8 Å². The summed E-state index contributed by atoms with van der Waals surface area (Å²) in [5, 5.41) is 2.80. The van der Waals surface area contributed by atoms with E-state index in [9.17, 15) is 22.4 Å². The number of likely N-dealkylation sites (tertiary alicyclic amines) is 1. The van der Waals surface area contributed by atoms with Crippen LogP contribution in [0.5, 0.6) is 0 Å². The largest absolute Gasteiger partial charge is 0.361 e. The minimum atomic E-state index is -3.96. The molecule has 0 aliphatic carbocycles. The highest BCUT2D eigenvalue weighted by molar-refractivity contribution is 7.89. The van der Waals surface area contributed by atoms with E-state index >= 15 is 0 Å².